The topological polar surface area (TPSA) is 30.5 Å². The van der Waals surface area contributed by atoms with Gasteiger partial charge in [-0.25, -0.2) is 0 Å². The standard InChI is InChI=1S/C18H29NO2/c1-4-7-8-9-10-14-21-18-16(15-19-5-2)12-11-13-17(18)20-6-3/h4,11-13,19H,1,5-10,14-15H2,2-3H3. The van der Waals surface area contributed by atoms with E-state index in [0.29, 0.717) is 6.61 Å². The van der Waals surface area contributed by atoms with Crippen molar-refractivity contribution in [3.05, 3.63) is 36.4 Å². The van der Waals surface area contributed by atoms with Gasteiger partial charge in [0.05, 0.1) is 13.2 Å². The molecule has 0 saturated carbocycles. The summed E-state index contributed by atoms with van der Waals surface area (Å²) in [5.74, 6) is 1.74. The molecule has 1 N–H and O–H groups in total. The van der Waals surface area contributed by atoms with Gasteiger partial charge in [-0.05, 0) is 45.2 Å². The summed E-state index contributed by atoms with van der Waals surface area (Å²) in [5, 5.41) is 3.35. The van der Waals surface area contributed by atoms with Crippen LogP contribution in [0.2, 0.25) is 0 Å². The van der Waals surface area contributed by atoms with Gasteiger partial charge in [-0.15, -0.1) is 6.58 Å². The first kappa shape index (κ1) is 17.6. The molecular formula is C18H29NO2. The Morgan fingerprint density at radius 3 is 2.71 bits per heavy atom. The van der Waals surface area contributed by atoms with Gasteiger partial charge in [0.25, 0.3) is 0 Å². The average Bonchev–Trinajstić information content (AvgIpc) is 2.50. The smallest absolute Gasteiger partial charge is 0.165 e. The van der Waals surface area contributed by atoms with Crippen LogP contribution in [0.1, 0.15) is 45.1 Å². The molecule has 0 radical (unpaired) electrons. The molecule has 118 valence electrons. The highest BCUT2D eigenvalue weighted by Crippen LogP contribution is 2.31. The fraction of sp³-hybridized carbons (Fsp3) is 0.556. The van der Waals surface area contributed by atoms with Crippen LogP contribution in [0.15, 0.2) is 30.9 Å². The van der Waals surface area contributed by atoms with E-state index in [1.807, 2.05) is 25.1 Å². The third kappa shape index (κ3) is 6.67. The summed E-state index contributed by atoms with van der Waals surface area (Å²) in [5.41, 5.74) is 1.16. The average molecular weight is 291 g/mol. The summed E-state index contributed by atoms with van der Waals surface area (Å²) in [6, 6.07) is 6.10. The number of rotatable bonds is 12. The van der Waals surface area contributed by atoms with Gasteiger partial charge in [-0.2, -0.15) is 0 Å². The van der Waals surface area contributed by atoms with Gasteiger partial charge in [0, 0.05) is 12.1 Å². The number of ether oxygens (including phenoxy) is 2. The summed E-state index contributed by atoms with van der Waals surface area (Å²) >= 11 is 0. The lowest BCUT2D eigenvalue weighted by Crippen LogP contribution is -2.13. The van der Waals surface area contributed by atoms with Crippen LogP contribution in [0.5, 0.6) is 11.5 Å². The molecule has 0 atom stereocenters. The second-order valence-corrected chi connectivity index (χ2v) is 4.94. The molecule has 0 spiro atoms. The molecule has 0 amide bonds. The SMILES string of the molecule is C=CCCCCCOc1c(CNCC)cccc1OCC. The summed E-state index contributed by atoms with van der Waals surface area (Å²) < 4.78 is 11.7. The van der Waals surface area contributed by atoms with E-state index in [4.69, 9.17) is 9.47 Å². The van der Waals surface area contributed by atoms with Gasteiger partial charge in [-0.3, -0.25) is 0 Å². The van der Waals surface area contributed by atoms with Crippen LogP contribution in [0.25, 0.3) is 0 Å². The molecule has 3 heteroatoms. The van der Waals surface area contributed by atoms with Crippen LogP contribution in [-0.2, 0) is 6.54 Å². The molecule has 0 aliphatic carbocycles. The maximum Gasteiger partial charge on any atom is 0.165 e. The molecule has 0 saturated heterocycles. The van der Waals surface area contributed by atoms with Crippen molar-refractivity contribution in [1.29, 1.82) is 0 Å². The third-order valence-electron chi connectivity index (χ3n) is 3.22. The van der Waals surface area contributed by atoms with Crippen molar-refractivity contribution in [2.75, 3.05) is 19.8 Å². The Bertz CT molecular complexity index is 404. The Kier molecular flexibility index (Phi) is 9.38. The van der Waals surface area contributed by atoms with Crippen molar-refractivity contribution in [1.82, 2.24) is 5.32 Å². The van der Waals surface area contributed by atoms with Crippen LogP contribution >= 0.6 is 0 Å². The minimum absolute atomic E-state index is 0.653. The molecule has 0 fully saturated rings. The van der Waals surface area contributed by atoms with Crippen LogP contribution in [0.4, 0.5) is 0 Å². The number of para-hydroxylation sites is 1. The maximum absolute atomic E-state index is 6.01. The molecule has 0 aliphatic heterocycles. The fourth-order valence-electron chi connectivity index (χ4n) is 2.13. The van der Waals surface area contributed by atoms with Gasteiger partial charge in [0.2, 0.25) is 0 Å². The monoisotopic (exact) mass is 291 g/mol. The van der Waals surface area contributed by atoms with Gasteiger partial charge in [0.15, 0.2) is 11.5 Å². The van der Waals surface area contributed by atoms with Crippen molar-refractivity contribution in [2.24, 2.45) is 0 Å². The first-order chi connectivity index (χ1) is 10.3. The molecule has 3 nitrogen and oxygen atoms in total. The molecular weight excluding hydrogens is 262 g/mol. The van der Waals surface area contributed by atoms with E-state index in [1.54, 1.807) is 0 Å². The quantitative estimate of drug-likeness (QED) is 0.459. The molecule has 1 rings (SSSR count). The van der Waals surface area contributed by atoms with Crippen LogP contribution < -0.4 is 14.8 Å². The predicted molar refractivity (Wildman–Crippen MR) is 89.2 cm³/mol. The summed E-state index contributed by atoms with van der Waals surface area (Å²) in [6.07, 6.45) is 6.48. The van der Waals surface area contributed by atoms with Crippen molar-refractivity contribution >= 4 is 0 Å². The molecule has 0 bridgehead atoms. The number of hydrogen-bond acceptors (Lipinski definition) is 3. The van der Waals surface area contributed by atoms with E-state index >= 15 is 0 Å². The minimum Gasteiger partial charge on any atom is -0.490 e. The number of hydrogen-bond donors (Lipinski definition) is 1. The zero-order chi connectivity index (χ0) is 15.3. The normalized spacial score (nSPS) is 10.4. The van der Waals surface area contributed by atoms with E-state index < -0.39 is 0 Å². The highest BCUT2D eigenvalue weighted by molar-refractivity contribution is 5.46. The third-order valence-corrected chi connectivity index (χ3v) is 3.22. The zero-order valence-corrected chi connectivity index (χ0v) is 13.5. The lowest BCUT2D eigenvalue weighted by atomic mass is 10.1. The number of nitrogens with one attached hydrogen (secondary N) is 1. The predicted octanol–water partition coefficient (Wildman–Crippen LogP) is 4.32. The highest BCUT2D eigenvalue weighted by atomic mass is 16.5. The summed E-state index contributed by atoms with van der Waals surface area (Å²) in [7, 11) is 0. The minimum atomic E-state index is 0.653. The summed E-state index contributed by atoms with van der Waals surface area (Å²) in [6.45, 7) is 11.0. The lowest BCUT2D eigenvalue weighted by Gasteiger charge is -2.16. The second kappa shape index (κ2) is 11.2. The Labute approximate surface area is 129 Å². The first-order valence-electron chi connectivity index (χ1n) is 8.02. The Balaban J connectivity index is 2.59. The first-order valence-corrected chi connectivity index (χ1v) is 8.02. The zero-order valence-electron chi connectivity index (χ0n) is 13.5. The molecule has 0 heterocycles. The van der Waals surface area contributed by atoms with Crippen LogP contribution in [0, 0.1) is 0 Å². The summed E-state index contributed by atoms with van der Waals surface area (Å²) in [4.78, 5) is 0. The van der Waals surface area contributed by atoms with Crippen molar-refractivity contribution in [3.8, 4) is 11.5 Å². The highest BCUT2D eigenvalue weighted by Gasteiger charge is 2.10. The van der Waals surface area contributed by atoms with Crippen LogP contribution in [-0.4, -0.2) is 19.8 Å². The van der Waals surface area contributed by atoms with Gasteiger partial charge >= 0.3 is 0 Å². The van der Waals surface area contributed by atoms with E-state index in [0.717, 1.165) is 49.6 Å². The van der Waals surface area contributed by atoms with Crippen molar-refractivity contribution in [3.63, 3.8) is 0 Å². The van der Waals surface area contributed by atoms with Gasteiger partial charge in [-0.1, -0.05) is 25.1 Å². The molecule has 21 heavy (non-hydrogen) atoms. The van der Waals surface area contributed by atoms with Gasteiger partial charge < -0.3 is 14.8 Å². The number of unbranched alkanes of at least 4 members (excludes halogenated alkanes) is 3. The second-order valence-electron chi connectivity index (χ2n) is 4.94. The van der Waals surface area contributed by atoms with E-state index in [-0.39, 0.29) is 0 Å². The van der Waals surface area contributed by atoms with Crippen LogP contribution in [0.3, 0.4) is 0 Å². The van der Waals surface area contributed by atoms with E-state index in [1.165, 1.54) is 12.8 Å². The largest absolute Gasteiger partial charge is 0.490 e. The molecule has 1 aromatic rings. The lowest BCUT2D eigenvalue weighted by molar-refractivity contribution is 0.268. The molecule has 0 unspecified atom stereocenters. The molecule has 0 aromatic heterocycles. The van der Waals surface area contributed by atoms with Gasteiger partial charge in [0.1, 0.15) is 0 Å². The number of allylic oxidation sites excluding steroid dienone is 1. The van der Waals surface area contributed by atoms with E-state index in [2.05, 4.69) is 24.9 Å². The Morgan fingerprint density at radius 2 is 2.00 bits per heavy atom. The van der Waals surface area contributed by atoms with Crippen molar-refractivity contribution < 1.29 is 9.47 Å². The maximum atomic E-state index is 6.01. The van der Waals surface area contributed by atoms with Crippen molar-refractivity contribution in [2.45, 2.75) is 46.1 Å². The van der Waals surface area contributed by atoms with E-state index in [9.17, 15) is 0 Å². The fourth-order valence-corrected chi connectivity index (χ4v) is 2.13. The molecule has 1 aromatic carbocycles. The molecule has 0 aliphatic rings. The Morgan fingerprint density at radius 1 is 1.14 bits per heavy atom. The number of benzene rings is 1. The Hall–Kier alpha value is -1.48.